The lowest BCUT2D eigenvalue weighted by atomic mass is 10.1. The molecule has 0 saturated heterocycles. The Morgan fingerprint density at radius 1 is 1.39 bits per heavy atom. The fraction of sp³-hybridized carbons (Fsp3) is 0.538. The standard InChI is InChI=1S/C13H18BrNO3/c1-8(2)5-15-11(6-16)9-3-10(14)13-12(4-9)17-7-18-13/h3-4,8,11,15-16H,5-7H2,1-2H3. The number of rotatable bonds is 5. The van der Waals surface area contributed by atoms with Crippen LogP contribution in [0.25, 0.3) is 0 Å². The van der Waals surface area contributed by atoms with Crippen molar-refractivity contribution in [2.75, 3.05) is 19.9 Å². The predicted octanol–water partition coefficient (Wildman–Crippen LogP) is 2.46. The summed E-state index contributed by atoms with van der Waals surface area (Å²) in [6.07, 6.45) is 0. The molecule has 1 aliphatic heterocycles. The zero-order chi connectivity index (χ0) is 13.1. The summed E-state index contributed by atoms with van der Waals surface area (Å²) in [6.45, 7) is 5.44. The van der Waals surface area contributed by atoms with E-state index < -0.39 is 0 Å². The second kappa shape index (κ2) is 5.91. The fourth-order valence-electron chi connectivity index (χ4n) is 1.85. The highest BCUT2D eigenvalue weighted by molar-refractivity contribution is 9.10. The lowest BCUT2D eigenvalue weighted by Gasteiger charge is -2.19. The molecule has 1 aromatic carbocycles. The van der Waals surface area contributed by atoms with Crippen molar-refractivity contribution in [3.05, 3.63) is 22.2 Å². The molecule has 0 spiro atoms. The van der Waals surface area contributed by atoms with E-state index in [9.17, 15) is 5.11 Å². The molecular formula is C13H18BrNO3. The molecule has 1 unspecified atom stereocenters. The van der Waals surface area contributed by atoms with Gasteiger partial charge in [-0.1, -0.05) is 13.8 Å². The first-order valence-electron chi connectivity index (χ1n) is 6.05. The van der Waals surface area contributed by atoms with E-state index in [1.807, 2.05) is 12.1 Å². The Hall–Kier alpha value is -0.780. The van der Waals surface area contributed by atoms with Gasteiger partial charge >= 0.3 is 0 Å². The number of aliphatic hydroxyl groups excluding tert-OH is 1. The van der Waals surface area contributed by atoms with Gasteiger partial charge in [-0.15, -0.1) is 0 Å². The summed E-state index contributed by atoms with van der Waals surface area (Å²) in [5.41, 5.74) is 0.995. The highest BCUT2D eigenvalue weighted by Crippen LogP contribution is 2.41. The van der Waals surface area contributed by atoms with Crippen LogP contribution in [0.1, 0.15) is 25.5 Å². The Labute approximate surface area is 115 Å². The molecule has 0 amide bonds. The molecule has 1 aromatic rings. The van der Waals surface area contributed by atoms with Crippen molar-refractivity contribution in [3.63, 3.8) is 0 Å². The summed E-state index contributed by atoms with van der Waals surface area (Å²) >= 11 is 3.46. The molecule has 18 heavy (non-hydrogen) atoms. The van der Waals surface area contributed by atoms with Crippen LogP contribution in [-0.2, 0) is 0 Å². The molecular weight excluding hydrogens is 298 g/mol. The van der Waals surface area contributed by atoms with Crippen LogP contribution in [0.5, 0.6) is 11.5 Å². The first kappa shape index (κ1) is 13.6. The Bertz CT molecular complexity index is 423. The lowest BCUT2D eigenvalue weighted by Crippen LogP contribution is -2.27. The molecule has 0 fully saturated rings. The fourth-order valence-corrected chi connectivity index (χ4v) is 2.43. The molecule has 2 rings (SSSR count). The number of fused-ring (bicyclic) bond motifs is 1. The maximum atomic E-state index is 9.48. The number of halogens is 1. The molecule has 0 saturated carbocycles. The highest BCUT2D eigenvalue weighted by Gasteiger charge is 2.21. The van der Waals surface area contributed by atoms with Crippen LogP contribution in [0, 0.1) is 5.92 Å². The van der Waals surface area contributed by atoms with Gasteiger partial charge in [0.25, 0.3) is 0 Å². The average molecular weight is 316 g/mol. The Morgan fingerprint density at radius 3 is 2.83 bits per heavy atom. The molecule has 1 heterocycles. The van der Waals surface area contributed by atoms with Crippen molar-refractivity contribution in [1.82, 2.24) is 5.32 Å². The highest BCUT2D eigenvalue weighted by atomic mass is 79.9. The summed E-state index contributed by atoms with van der Waals surface area (Å²) in [5, 5.41) is 12.8. The summed E-state index contributed by atoms with van der Waals surface area (Å²) in [7, 11) is 0. The summed E-state index contributed by atoms with van der Waals surface area (Å²) in [4.78, 5) is 0. The number of hydrogen-bond donors (Lipinski definition) is 2. The summed E-state index contributed by atoms with van der Waals surface area (Å²) < 4.78 is 11.6. The lowest BCUT2D eigenvalue weighted by molar-refractivity contribution is 0.173. The number of aliphatic hydroxyl groups is 1. The van der Waals surface area contributed by atoms with Crippen LogP contribution in [0.3, 0.4) is 0 Å². The minimum atomic E-state index is -0.0850. The first-order chi connectivity index (χ1) is 8.61. The minimum absolute atomic E-state index is 0.0544. The molecule has 0 aliphatic carbocycles. The normalized spacial score (nSPS) is 15.2. The van der Waals surface area contributed by atoms with E-state index in [1.165, 1.54) is 0 Å². The molecule has 100 valence electrons. The van der Waals surface area contributed by atoms with Crippen LogP contribution in [0.2, 0.25) is 0 Å². The van der Waals surface area contributed by atoms with Gasteiger partial charge in [0.2, 0.25) is 6.79 Å². The Morgan fingerprint density at radius 2 is 2.17 bits per heavy atom. The molecule has 0 radical (unpaired) electrons. The quantitative estimate of drug-likeness (QED) is 0.876. The van der Waals surface area contributed by atoms with E-state index in [0.29, 0.717) is 5.92 Å². The molecule has 0 bridgehead atoms. The maximum Gasteiger partial charge on any atom is 0.231 e. The van der Waals surface area contributed by atoms with Crippen LogP contribution >= 0.6 is 15.9 Å². The van der Waals surface area contributed by atoms with Crippen molar-refractivity contribution in [2.45, 2.75) is 19.9 Å². The Kier molecular flexibility index (Phi) is 4.48. The molecule has 2 N–H and O–H groups in total. The molecule has 0 aromatic heterocycles. The Balaban J connectivity index is 2.18. The number of hydrogen-bond acceptors (Lipinski definition) is 4. The van der Waals surface area contributed by atoms with Crippen LogP contribution in [0.4, 0.5) is 0 Å². The predicted molar refractivity (Wildman–Crippen MR) is 72.9 cm³/mol. The monoisotopic (exact) mass is 315 g/mol. The van der Waals surface area contributed by atoms with Gasteiger partial charge in [0.1, 0.15) is 0 Å². The van der Waals surface area contributed by atoms with Gasteiger partial charge in [0, 0.05) is 0 Å². The van der Waals surface area contributed by atoms with Crippen LogP contribution in [-0.4, -0.2) is 25.1 Å². The van der Waals surface area contributed by atoms with Gasteiger partial charge in [-0.25, -0.2) is 0 Å². The molecule has 1 atom stereocenters. The summed E-state index contributed by atoms with van der Waals surface area (Å²) in [5.74, 6) is 2.00. The number of ether oxygens (including phenoxy) is 2. The van der Waals surface area contributed by atoms with Crippen molar-refractivity contribution in [2.24, 2.45) is 5.92 Å². The second-order valence-corrected chi connectivity index (χ2v) is 5.63. The first-order valence-corrected chi connectivity index (χ1v) is 6.84. The molecule has 5 heteroatoms. The topological polar surface area (TPSA) is 50.7 Å². The van der Waals surface area contributed by atoms with Crippen molar-refractivity contribution in [1.29, 1.82) is 0 Å². The summed E-state index contributed by atoms with van der Waals surface area (Å²) in [6, 6.07) is 3.79. The van der Waals surface area contributed by atoms with Gasteiger partial charge in [0.05, 0.1) is 17.1 Å². The SMILES string of the molecule is CC(C)CNC(CO)c1cc(Br)c2c(c1)OCO2. The van der Waals surface area contributed by atoms with Gasteiger partial charge in [-0.2, -0.15) is 0 Å². The third-order valence-corrected chi connectivity index (χ3v) is 3.40. The van der Waals surface area contributed by atoms with Gasteiger partial charge in [-0.3, -0.25) is 0 Å². The van der Waals surface area contributed by atoms with Gasteiger partial charge in [0.15, 0.2) is 11.5 Å². The van der Waals surface area contributed by atoms with Crippen molar-refractivity contribution >= 4 is 15.9 Å². The number of nitrogens with one attached hydrogen (secondary N) is 1. The second-order valence-electron chi connectivity index (χ2n) is 4.77. The van der Waals surface area contributed by atoms with E-state index in [0.717, 1.165) is 28.1 Å². The largest absolute Gasteiger partial charge is 0.454 e. The van der Waals surface area contributed by atoms with E-state index in [-0.39, 0.29) is 19.4 Å². The van der Waals surface area contributed by atoms with E-state index >= 15 is 0 Å². The zero-order valence-electron chi connectivity index (χ0n) is 10.6. The minimum Gasteiger partial charge on any atom is -0.454 e. The smallest absolute Gasteiger partial charge is 0.231 e. The van der Waals surface area contributed by atoms with E-state index in [2.05, 4.69) is 35.1 Å². The van der Waals surface area contributed by atoms with Crippen molar-refractivity contribution in [3.8, 4) is 11.5 Å². The van der Waals surface area contributed by atoms with Crippen molar-refractivity contribution < 1.29 is 14.6 Å². The van der Waals surface area contributed by atoms with Gasteiger partial charge in [-0.05, 0) is 46.1 Å². The van der Waals surface area contributed by atoms with Gasteiger partial charge < -0.3 is 19.9 Å². The molecule has 1 aliphatic rings. The van der Waals surface area contributed by atoms with Crippen LogP contribution < -0.4 is 14.8 Å². The average Bonchev–Trinajstić information content (AvgIpc) is 2.78. The number of benzene rings is 1. The van der Waals surface area contributed by atoms with Crippen LogP contribution in [0.15, 0.2) is 16.6 Å². The molecule has 4 nitrogen and oxygen atoms in total. The third-order valence-electron chi connectivity index (χ3n) is 2.81. The zero-order valence-corrected chi connectivity index (χ0v) is 12.2. The third kappa shape index (κ3) is 2.96. The maximum absolute atomic E-state index is 9.48. The van der Waals surface area contributed by atoms with E-state index in [4.69, 9.17) is 9.47 Å². The van der Waals surface area contributed by atoms with E-state index in [1.54, 1.807) is 0 Å².